The molecule has 1 aliphatic rings. The zero-order valence-electron chi connectivity index (χ0n) is 14.0. The summed E-state index contributed by atoms with van der Waals surface area (Å²) in [5.74, 6) is -0.166. The predicted octanol–water partition coefficient (Wildman–Crippen LogP) is 2.76. The van der Waals surface area contributed by atoms with E-state index in [1.54, 1.807) is 12.0 Å². The lowest BCUT2D eigenvalue weighted by Crippen LogP contribution is -2.45. The van der Waals surface area contributed by atoms with Crippen LogP contribution in [0.2, 0.25) is 0 Å². The fourth-order valence-corrected chi connectivity index (χ4v) is 3.31. The van der Waals surface area contributed by atoms with Crippen molar-refractivity contribution in [2.45, 2.75) is 32.6 Å². The quantitative estimate of drug-likeness (QED) is 0.906. The average molecular weight is 319 g/mol. The number of likely N-dealkylation sites (tertiary alicyclic amines) is 1. The third-order valence-electron chi connectivity index (χ3n) is 4.73. The first-order chi connectivity index (χ1) is 10.9. The number of para-hydroxylation sites is 1. The lowest BCUT2D eigenvalue weighted by atomic mass is 9.86. The fraction of sp³-hybridized carbons (Fsp3) is 0.556. The van der Waals surface area contributed by atoms with Gasteiger partial charge in [-0.2, -0.15) is 0 Å². The van der Waals surface area contributed by atoms with Crippen molar-refractivity contribution in [3.05, 3.63) is 29.8 Å². The van der Waals surface area contributed by atoms with Gasteiger partial charge in [0.25, 0.3) is 0 Å². The van der Waals surface area contributed by atoms with Crippen LogP contribution in [-0.4, -0.2) is 42.1 Å². The van der Waals surface area contributed by atoms with Gasteiger partial charge in [0.15, 0.2) is 0 Å². The van der Waals surface area contributed by atoms with E-state index < -0.39 is 5.97 Å². The molecule has 1 heterocycles. The molecule has 1 aromatic rings. The first-order valence-corrected chi connectivity index (χ1v) is 8.07. The maximum absolute atomic E-state index is 12.5. The SMILES string of the molecule is COc1ccccc1C(C)CC(=O)N1CCC(C(=O)O)C(C)C1. The highest BCUT2D eigenvalue weighted by Gasteiger charge is 2.33. The van der Waals surface area contributed by atoms with E-state index >= 15 is 0 Å². The second-order valence-corrected chi connectivity index (χ2v) is 6.40. The molecule has 2 rings (SSSR count). The normalized spacial score (nSPS) is 22.5. The van der Waals surface area contributed by atoms with Crippen LogP contribution in [0.5, 0.6) is 5.75 Å². The van der Waals surface area contributed by atoms with E-state index in [1.165, 1.54) is 0 Å². The number of ether oxygens (including phenoxy) is 1. The van der Waals surface area contributed by atoms with Crippen molar-refractivity contribution >= 4 is 11.9 Å². The number of methoxy groups -OCH3 is 1. The number of piperidine rings is 1. The Morgan fingerprint density at radius 2 is 2.09 bits per heavy atom. The molecule has 1 saturated heterocycles. The molecule has 0 aromatic heterocycles. The summed E-state index contributed by atoms with van der Waals surface area (Å²) in [5, 5.41) is 9.17. The highest BCUT2D eigenvalue weighted by molar-refractivity contribution is 5.78. The van der Waals surface area contributed by atoms with Crippen molar-refractivity contribution in [2.75, 3.05) is 20.2 Å². The summed E-state index contributed by atoms with van der Waals surface area (Å²) in [6.07, 6.45) is 0.941. The summed E-state index contributed by atoms with van der Waals surface area (Å²) in [4.78, 5) is 25.5. The van der Waals surface area contributed by atoms with E-state index in [2.05, 4.69) is 0 Å². The Labute approximate surface area is 137 Å². The maximum Gasteiger partial charge on any atom is 0.306 e. The molecule has 0 spiro atoms. The number of carbonyl (C=O) groups is 2. The van der Waals surface area contributed by atoms with E-state index in [1.807, 2.05) is 38.1 Å². The highest BCUT2D eigenvalue weighted by Crippen LogP contribution is 2.30. The number of hydrogen-bond donors (Lipinski definition) is 1. The summed E-state index contributed by atoms with van der Waals surface area (Å²) in [5.41, 5.74) is 1.02. The second-order valence-electron chi connectivity index (χ2n) is 6.40. The number of nitrogens with zero attached hydrogens (tertiary/aromatic N) is 1. The number of rotatable bonds is 5. The topological polar surface area (TPSA) is 66.8 Å². The third kappa shape index (κ3) is 4.03. The van der Waals surface area contributed by atoms with Crippen LogP contribution in [-0.2, 0) is 9.59 Å². The molecule has 0 bridgehead atoms. The molecule has 5 heteroatoms. The van der Waals surface area contributed by atoms with Gasteiger partial charge >= 0.3 is 5.97 Å². The fourth-order valence-electron chi connectivity index (χ4n) is 3.31. The largest absolute Gasteiger partial charge is 0.496 e. The molecule has 3 unspecified atom stereocenters. The Kier molecular flexibility index (Phi) is 5.64. The standard InChI is InChI=1S/C18H25NO4/c1-12(14-6-4-5-7-16(14)23-3)10-17(20)19-9-8-15(18(21)22)13(2)11-19/h4-7,12-13,15H,8-11H2,1-3H3,(H,21,22). The molecule has 0 saturated carbocycles. The zero-order valence-corrected chi connectivity index (χ0v) is 14.0. The van der Waals surface area contributed by atoms with Crippen LogP contribution < -0.4 is 4.74 Å². The number of amides is 1. The van der Waals surface area contributed by atoms with Crippen molar-refractivity contribution in [3.63, 3.8) is 0 Å². The van der Waals surface area contributed by atoms with Crippen LogP contribution in [0.4, 0.5) is 0 Å². The average Bonchev–Trinajstić information content (AvgIpc) is 2.54. The molecule has 1 aliphatic heterocycles. The Balaban J connectivity index is 1.98. The maximum atomic E-state index is 12.5. The van der Waals surface area contributed by atoms with Gasteiger partial charge in [-0.15, -0.1) is 0 Å². The number of benzene rings is 1. The van der Waals surface area contributed by atoms with Gasteiger partial charge in [0.1, 0.15) is 5.75 Å². The summed E-state index contributed by atoms with van der Waals surface area (Å²) in [6, 6.07) is 7.74. The molecule has 5 nitrogen and oxygen atoms in total. The molecule has 1 fully saturated rings. The number of carboxylic acids is 1. The van der Waals surface area contributed by atoms with Crippen molar-refractivity contribution in [1.29, 1.82) is 0 Å². The molecule has 1 N–H and O–H groups in total. The smallest absolute Gasteiger partial charge is 0.306 e. The van der Waals surface area contributed by atoms with E-state index in [-0.39, 0.29) is 23.7 Å². The van der Waals surface area contributed by atoms with Gasteiger partial charge in [-0.1, -0.05) is 32.0 Å². The molecular weight excluding hydrogens is 294 g/mol. The Hall–Kier alpha value is -2.04. The summed E-state index contributed by atoms with van der Waals surface area (Å²) in [7, 11) is 1.63. The number of hydrogen-bond acceptors (Lipinski definition) is 3. The summed E-state index contributed by atoms with van der Waals surface area (Å²) < 4.78 is 5.36. The molecule has 0 aliphatic carbocycles. The lowest BCUT2D eigenvalue weighted by Gasteiger charge is -2.35. The van der Waals surface area contributed by atoms with Crippen LogP contribution >= 0.6 is 0 Å². The molecule has 3 atom stereocenters. The third-order valence-corrected chi connectivity index (χ3v) is 4.73. The monoisotopic (exact) mass is 319 g/mol. The molecule has 23 heavy (non-hydrogen) atoms. The van der Waals surface area contributed by atoms with Crippen molar-refractivity contribution < 1.29 is 19.4 Å². The molecule has 0 radical (unpaired) electrons. The van der Waals surface area contributed by atoms with Gasteiger partial charge in [-0.25, -0.2) is 0 Å². The van der Waals surface area contributed by atoms with Crippen LogP contribution in [0.3, 0.4) is 0 Å². The van der Waals surface area contributed by atoms with Crippen LogP contribution in [0.15, 0.2) is 24.3 Å². The first kappa shape index (κ1) is 17.3. The number of aliphatic carboxylic acids is 1. The van der Waals surface area contributed by atoms with Gasteiger partial charge in [0.2, 0.25) is 5.91 Å². The van der Waals surface area contributed by atoms with Gasteiger partial charge in [0.05, 0.1) is 13.0 Å². The van der Waals surface area contributed by atoms with Crippen molar-refractivity contribution in [2.24, 2.45) is 11.8 Å². The van der Waals surface area contributed by atoms with E-state index in [4.69, 9.17) is 9.84 Å². The molecule has 126 valence electrons. The minimum atomic E-state index is -0.757. The van der Waals surface area contributed by atoms with Crippen molar-refractivity contribution in [3.8, 4) is 5.75 Å². The Morgan fingerprint density at radius 3 is 2.70 bits per heavy atom. The van der Waals surface area contributed by atoms with E-state index in [9.17, 15) is 9.59 Å². The van der Waals surface area contributed by atoms with Crippen molar-refractivity contribution in [1.82, 2.24) is 4.90 Å². The minimum Gasteiger partial charge on any atom is -0.496 e. The lowest BCUT2D eigenvalue weighted by molar-refractivity contribution is -0.148. The molecule has 1 aromatic carbocycles. The summed E-state index contributed by atoms with van der Waals surface area (Å²) >= 11 is 0. The molecular formula is C18H25NO4. The number of carboxylic acid groups (broad SMARTS) is 1. The minimum absolute atomic E-state index is 0.00762. The predicted molar refractivity (Wildman–Crippen MR) is 87.5 cm³/mol. The van der Waals surface area contributed by atoms with Gasteiger partial charge < -0.3 is 14.7 Å². The Bertz CT molecular complexity index is 572. The van der Waals surface area contributed by atoms with E-state index in [0.717, 1.165) is 11.3 Å². The zero-order chi connectivity index (χ0) is 17.0. The highest BCUT2D eigenvalue weighted by atomic mass is 16.5. The van der Waals surface area contributed by atoms with Crippen LogP contribution in [0, 0.1) is 11.8 Å². The Morgan fingerprint density at radius 1 is 1.39 bits per heavy atom. The van der Waals surface area contributed by atoms with Gasteiger partial charge in [0, 0.05) is 19.5 Å². The van der Waals surface area contributed by atoms with Crippen LogP contribution in [0.25, 0.3) is 0 Å². The van der Waals surface area contributed by atoms with Gasteiger partial charge in [-0.05, 0) is 29.9 Å². The van der Waals surface area contributed by atoms with Crippen LogP contribution in [0.1, 0.15) is 38.2 Å². The summed E-state index contributed by atoms with van der Waals surface area (Å²) in [6.45, 7) is 4.97. The molecule has 1 amide bonds. The van der Waals surface area contributed by atoms with Gasteiger partial charge in [-0.3, -0.25) is 9.59 Å². The first-order valence-electron chi connectivity index (χ1n) is 8.07. The second kappa shape index (κ2) is 7.49. The van der Waals surface area contributed by atoms with E-state index in [0.29, 0.717) is 25.9 Å². The number of carbonyl (C=O) groups excluding carboxylic acids is 1.